The van der Waals surface area contributed by atoms with Crippen molar-refractivity contribution in [3.05, 3.63) is 47.2 Å². The van der Waals surface area contributed by atoms with Gasteiger partial charge in [-0.1, -0.05) is 19.9 Å². The molecule has 2 heterocycles. The van der Waals surface area contributed by atoms with Crippen LogP contribution in [0.25, 0.3) is 11.3 Å². The Kier molecular flexibility index (Phi) is 5.77. The average molecular weight is 504 g/mol. The van der Waals surface area contributed by atoms with E-state index in [0.29, 0.717) is 19.5 Å². The first-order chi connectivity index (χ1) is 16.5. The van der Waals surface area contributed by atoms with E-state index in [0.717, 1.165) is 24.1 Å². The number of rotatable bonds is 6. The molecule has 3 aliphatic rings. The number of carbonyl (C=O) groups excluding carboxylic acids is 1. The molecule has 9 heteroatoms. The molecule has 35 heavy (non-hydrogen) atoms. The molecule has 0 spiro atoms. The number of hydrogen-bond acceptors (Lipinski definition) is 5. The van der Waals surface area contributed by atoms with E-state index in [-0.39, 0.29) is 52.3 Å². The summed E-state index contributed by atoms with van der Waals surface area (Å²) in [6.45, 7) is 7.28. The van der Waals surface area contributed by atoms with Crippen molar-refractivity contribution in [2.75, 3.05) is 24.6 Å². The predicted molar refractivity (Wildman–Crippen MR) is 128 cm³/mol. The van der Waals surface area contributed by atoms with Gasteiger partial charge in [0.15, 0.2) is 9.84 Å². The first-order valence-electron chi connectivity index (χ1n) is 12.3. The molecule has 3 atom stereocenters. The van der Waals surface area contributed by atoms with Gasteiger partial charge in [0.1, 0.15) is 11.6 Å². The van der Waals surface area contributed by atoms with Crippen molar-refractivity contribution in [2.24, 2.45) is 11.3 Å². The van der Waals surface area contributed by atoms with E-state index in [1.807, 2.05) is 11.8 Å². The smallest absolute Gasteiger partial charge is 0.222 e. The van der Waals surface area contributed by atoms with E-state index in [2.05, 4.69) is 24.0 Å². The molecular formula is C26H31F2N3O3S. The number of hydrogen-bond donors (Lipinski definition) is 0. The molecular weight excluding hydrogens is 472 g/mol. The van der Waals surface area contributed by atoms with E-state index in [1.54, 1.807) is 6.07 Å². The van der Waals surface area contributed by atoms with Crippen LogP contribution in [0.4, 0.5) is 8.78 Å². The van der Waals surface area contributed by atoms with Gasteiger partial charge in [0.2, 0.25) is 5.91 Å². The van der Waals surface area contributed by atoms with Gasteiger partial charge in [-0.2, -0.15) is 10.2 Å². The summed E-state index contributed by atoms with van der Waals surface area (Å²) in [7, 11) is -3.04. The van der Waals surface area contributed by atoms with Crippen molar-refractivity contribution in [3.63, 3.8) is 0 Å². The molecule has 2 aromatic rings. The molecule has 6 nitrogen and oxygen atoms in total. The highest BCUT2D eigenvalue weighted by atomic mass is 32.2. The highest BCUT2D eigenvalue weighted by Crippen LogP contribution is 2.67. The van der Waals surface area contributed by atoms with Crippen molar-refractivity contribution in [1.82, 2.24) is 15.1 Å². The zero-order valence-corrected chi connectivity index (χ0v) is 21.2. The van der Waals surface area contributed by atoms with Crippen molar-refractivity contribution < 1.29 is 22.0 Å². The standard InChI is InChI=1S/C26H31F2N3O3S/c1-4-31(22(32)12-16-9-11-35(33,34)14-16)15-26-10-8-18(25(26,2)3)17-13-21(29-30-24(17)26)23-19(27)6-5-7-20(23)28/h5-7,13,16,18H,4,8-12,14-15H2,1-3H3/t16?,18-,26-/m0/s1. The summed E-state index contributed by atoms with van der Waals surface area (Å²) in [5.41, 5.74) is 1.15. The minimum absolute atomic E-state index is 0.0327. The number of aromatic nitrogens is 2. The molecule has 1 unspecified atom stereocenters. The molecule has 5 rings (SSSR count). The van der Waals surface area contributed by atoms with E-state index < -0.39 is 26.9 Å². The summed E-state index contributed by atoms with van der Waals surface area (Å²) in [4.78, 5) is 15.1. The SMILES string of the molecule is CCN(C[C@@]12CC[C@@H](c3cc(-c4c(F)cccc4F)nnc31)C2(C)C)C(=O)CC1CCS(=O)(=O)C1. The molecule has 2 aliphatic carbocycles. The minimum Gasteiger partial charge on any atom is -0.342 e. The summed E-state index contributed by atoms with van der Waals surface area (Å²) in [5.74, 6) is -1.12. The fourth-order valence-electron chi connectivity index (χ4n) is 6.75. The first kappa shape index (κ1) is 24.3. The molecule has 0 N–H and O–H groups in total. The van der Waals surface area contributed by atoms with Crippen molar-refractivity contribution in [2.45, 2.75) is 57.8 Å². The van der Waals surface area contributed by atoms with Crippen molar-refractivity contribution in [3.8, 4) is 11.3 Å². The Morgan fingerprint density at radius 1 is 1.17 bits per heavy atom. The lowest BCUT2D eigenvalue weighted by atomic mass is 9.68. The van der Waals surface area contributed by atoms with E-state index >= 15 is 0 Å². The lowest BCUT2D eigenvalue weighted by molar-refractivity contribution is -0.133. The third kappa shape index (κ3) is 3.77. The zero-order chi connectivity index (χ0) is 25.2. The molecule has 1 aliphatic heterocycles. The van der Waals surface area contributed by atoms with Crippen LogP contribution in [-0.2, 0) is 20.0 Å². The maximum Gasteiger partial charge on any atom is 0.222 e. The molecule has 1 amide bonds. The second kappa shape index (κ2) is 8.32. The maximum atomic E-state index is 14.4. The van der Waals surface area contributed by atoms with E-state index in [1.165, 1.54) is 18.2 Å². The van der Waals surface area contributed by atoms with Gasteiger partial charge >= 0.3 is 0 Å². The zero-order valence-electron chi connectivity index (χ0n) is 20.4. The molecule has 1 aromatic carbocycles. The van der Waals surface area contributed by atoms with Gasteiger partial charge < -0.3 is 4.90 Å². The monoisotopic (exact) mass is 503 g/mol. The highest BCUT2D eigenvalue weighted by molar-refractivity contribution is 7.91. The minimum atomic E-state index is -3.04. The van der Waals surface area contributed by atoms with Crippen LogP contribution < -0.4 is 0 Å². The number of nitrogens with zero attached hydrogens (tertiary/aromatic N) is 3. The lowest BCUT2D eigenvalue weighted by Gasteiger charge is -2.41. The van der Waals surface area contributed by atoms with Crippen LogP contribution in [0.2, 0.25) is 0 Å². The van der Waals surface area contributed by atoms with Crippen LogP contribution in [0, 0.1) is 23.0 Å². The Balaban J connectivity index is 1.46. The quantitative estimate of drug-likeness (QED) is 0.589. The Morgan fingerprint density at radius 3 is 2.51 bits per heavy atom. The number of likely N-dealkylation sites (N-methyl/N-ethyl adjacent to an activating group) is 1. The Hall–Kier alpha value is -2.42. The van der Waals surface area contributed by atoms with Crippen LogP contribution in [0.1, 0.15) is 63.6 Å². The van der Waals surface area contributed by atoms with Gasteiger partial charge in [0.25, 0.3) is 0 Å². The third-order valence-corrected chi connectivity index (χ3v) is 10.7. The van der Waals surface area contributed by atoms with Crippen LogP contribution in [0.3, 0.4) is 0 Å². The summed E-state index contributed by atoms with van der Waals surface area (Å²) in [5, 5.41) is 8.79. The van der Waals surface area contributed by atoms with Gasteiger partial charge in [0.05, 0.1) is 28.5 Å². The number of fused-ring (bicyclic) bond motifs is 5. The molecule has 1 saturated carbocycles. The van der Waals surface area contributed by atoms with Crippen LogP contribution in [0.15, 0.2) is 24.3 Å². The fourth-order valence-corrected chi connectivity index (χ4v) is 8.61. The number of carbonyl (C=O) groups is 1. The predicted octanol–water partition coefficient (Wildman–Crippen LogP) is 4.25. The summed E-state index contributed by atoms with van der Waals surface area (Å²) >= 11 is 0. The molecule has 1 aromatic heterocycles. The topological polar surface area (TPSA) is 80.2 Å². The molecule has 188 valence electrons. The number of sulfone groups is 1. The van der Waals surface area contributed by atoms with Crippen molar-refractivity contribution >= 4 is 15.7 Å². The van der Waals surface area contributed by atoms with E-state index in [9.17, 15) is 22.0 Å². The van der Waals surface area contributed by atoms with Gasteiger partial charge in [-0.25, -0.2) is 17.2 Å². The fraction of sp³-hybridized carbons (Fsp3) is 0.577. The molecule has 0 radical (unpaired) electrons. The number of halogens is 2. The lowest BCUT2D eigenvalue weighted by Crippen LogP contribution is -2.48. The maximum absolute atomic E-state index is 14.4. The number of benzene rings is 1. The van der Waals surface area contributed by atoms with Crippen LogP contribution in [0.5, 0.6) is 0 Å². The van der Waals surface area contributed by atoms with Gasteiger partial charge in [-0.05, 0) is 67.2 Å². The Bertz CT molecular complexity index is 1280. The molecule has 2 bridgehead atoms. The highest BCUT2D eigenvalue weighted by Gasteiger charge is 2.64. The molecule has 1 saturated heterocycles. The van der Waals surface area contributed by atoms with Gasteiger partial charge in [0, 0.05) is 24.9 Å². The number of amides is 1. The normalized spacial score (nSPS) is 27.7. The average Bonchev–Trinajstić information content (AvgIpc) is 3.33. The molecule has 2 fully saturated rings. The Labute approximate surface area is 205 Å². The van der Waals surface area contributed by atoms with Gasteiger partial charge in [-0.15, -0.1) is 0 Å². The van der Waals surface area contributed by atoms with Crippen LogP contribution in [-0.4, -0.2) is 54.0 Å². The second-order valence-electron chi connectivity index (χ2n) is 10.9. The van der Waals surface area contributed by atoms with Crippen LogP contribution >= 0.6 is 0 Å². The summed E-state index contributed by atoms with van der Waals surface area (Å²) < 4.78 is 52.6. The Morgan fingerprint density at radius 2 is 1.89 bits per heavy atom. The van der Waals surface area contributed by atoms with Gasteiger partial charge in [-0.3, -0.25) is 4.79 Å². The summed E-state index contributed by atoms with van der Waals surface area (Å²) in [6.07, 6.45) is 2.52. The van der Waals surface area contributed by atoms with Crippen molar-refractivity contribution in [1.29, 1.82) is 0 Å². The largest absolute Gasteiger partial charge is 0.342 e. The third-order valence-electron chi connectivity index (χ3n) is 8.82. The van der Waals surface area contributed by atoms with E-state index in [4.69, 9.17) is 0 Å². The first-order valence-corrected chi connectivity index (χ1v) is 14.1. The second-order valence-corrected chi connectivity index (χ2v) is 13.1. The summed E-state index contributed by atoms with van der Waals surface area (Å²) in [6, 6.07) is 5.53.